The lowest BCUT2D eigenvalue weighted by molar-refractivity contribution is -0.145. The maximum atomic E-state index is 11.9. The molecular weight excluding hydrogens is 332 g/mol. The number of nitrogens with one attached hydrogen (secondary N) is 1. The van der Waals surface area contributed by atoms with Crippen molar-refractivity contribution < 1.29 is 19.1 Å². The Morgan fingerprint density at radius 1 is 1.04 bits per heavy atom. The second kappa shape index (κ2) is 10.9. The molecule has 0 saturated carbocycles. The van der Waals surface area contributed by atoms with E-state index in [-0.39, 0.29) is 24.0 Å². The van der Waals surface area contributed by atoms with Gasteiger partial charge in [0.05, 0.1) is 19.6 Å². The Kier molecular flexibility index (Phi) is 8.58. The maximum Gasteiger partial charge on any atom is 0.307 e. The van der Waals surface area contributed by atoms with Crippen molar-refractivity contribution in [1.82, 2.24) is 10.2 Å². The van der Waals surface area contributed by atoms with Crippen molar-refractivity contribution >= 4 is 11.9 Å². The second-order valence-corrected chi connectivity index (χ2v) is 6.59. The number of piperazine rings is 1. The van der Waals surface area contributed by atoms with E-state index in [4.69, 9.17) is 9.47 Å². The van der Waals surface area contributed by atoms with Crippen LogP contribution in [0.1, 0.15) is 38.7 Å². The molecule has 144 valence electrons. The summed E-state index contributed by atoms with van der Waals surface area (Å²) in [6.45, 7) is 6.88. The molecule has 0 bridgehead atoms. The van der Waals surface area contributed by atoms with Crippen LogP contribution in [-0.2, 0) is 25.6 Å². The van der Waals surface area contributed by atoms with Crippen molar-refractivity contribution in [2.24, 2.45) is 0 Å². The number of carbonyl (C=O) groups excluding carboxylic acids is 2. The molecule has 1 N–H and O–H groups in total. The standard InChI is InChI=1S/C20H30N2O4/c1-3-25-19(23)11-10-17-14-22(13-16-8-6-5-7-9-16)15-18(21-17)12-20(24)26-4-2/h5-9,17-18,21H,3-4,10-15H2,1-2H3. The third kappa shape index (κ3) is 7.14. The van der Waals surface area contributed by atoms with Gasteiger partial charge in [-0.05, 0) is 25.8 Å². The Balaban J connectivity index is 1.95. The molecule has 26 heavy (non-hydrogen) atoms. The molecule has 1 saturated heterocycles. The number of hydrogen-bond acceptors (Lipinski definition) is 6. The number of nitrogens with zero attached hydrogens (tertiary/aromatic N) is 1. The highest BCUT2D eigenvalue weighted by Gasteiger charge is 2.28. The van der Waals surface area contributed by atoms with Crippen LogP contribution in [0.15, 0.2) is 30.3 Å². The number of hydrogen-bond donors (Lipinski definition) is 1. The summed E-state index contributed by atoms with van der Waals surface area (Å²) in [6, 6.07) is 10.5. The number of esters is 2. The van der Waals surface area contributed by atoms with Gasteiger partial charge in [0.25, 0.3) is 0 Å². The third-order valence-electron chi connectivity index (χ3n) is 4.40. The van der Waals surface area contributed by atoms with E-state index in [2.05, 4.69) is 22.3 Å². The lowest BCUT2D eigenvalue weighted by atomic mass is 10.0. The number of ether oxygens (including phenoxy) is 2. The molecule has 1 aliphatic rings. The highest BCUT2D eigenvalue weighted by Crippen LogP contribution is 2.15. The van der Waals surface area contributed by atoms with Gasteiger partial charge >= 0.3 is 11.9 Å². The fourth-order valence-corrected chi connectivity index (χ4v) is 3.35. The van der Waals surface area contributed by atoms with Gasteiger partial charge in [-0.3, -0.25) is 14.5 Å². The fraction of sp³-hybridized carbons (Fsp3) is 0.600. The molecule has 2 atom stereocenters. The molecule has 0 aliphatic carbocycles. The van der Waals surface area contributed by atoms with Crippen LogP contribution in [-0.4, -0.2) is 55.2 Å². The average molecular weight is 362 g/mol. The predicted molar refractivity (Wildman–Crippen MR) is 99.5 cm³/mol. The number of carbonyl (C=O) groups is 2. The normalized spacial score (nSPS) is 20.5. The highest BCUT2D eigenvalue weighted by molar-refractivity contribution is 5.70. The van der Waals surface area contributed by atoms with Gasteiger partial charge in [0.1, 0.15) is 0 Å². The molecule has 0 spiro atoms. The van der Waals surface area contributed by atoms with Gasteiger partial charge in [0, 0.05) is 38.1 Å². The third-order valence-corrected chi connectivity index (χ3v) is 4.40. The molecule has 1 aromatic carbocycles. The summed E-state index contributed by atoms with van der Waals surface area (Å²) < 4.78 is 10.1. The summed E-state index contributed by atoms with van der Waals surface area (Å²) in [6.07, 6.45) is 1.43. The zero-order valence-electron chi connectivity index (χ0n) is 15.8. The Morgan fingerprint density at radius 3 is 2.38 bits per heavy atom. The van der Waals surface area contributed by atoms with Crippen molar-refractivity contribution in [1.29, 1.82) is 0 Å². The molecule has 1 heterocycles. The molecule has 1 aliphatic heterocycles. The quantitative estimate of drug-likeness (QED) is 0.679. The summed E-state index contributed by atoms with van der Waals surface area (Å²) in [5.41, 5.74) is 1.24. The Labute approximate surface area is 155 Å². The van der Waals surface area contributed by atoms with Gasteiger partial charge < -0.3 is 14.8 Å². The van der Waals surface area contributed by atoms with Crippen LogP contribution < -0.4 is 5.32 Å². The number of rotatable bonds is 9. The van der Waals surface area contributed by atoms with E-state index < -0.39 is 0 Å². The van der Waals surface area contributed by atoms with Crippen LogP contribution >= 0.6 is 0 Å². The maximum absolute atomic E-state index is 11.9. The summed E-state index contributed by atoms with van der Waals surface area (Å²) in [7, 11) is 0. The minimum absolute atomic E-state index is 0.0266. The molecule has 2 rings (SSSR count). The zero-order valence-corrected chi connectivity index (χ0v) is 15.8. The van der Waals surface area contributed by atoms with Crippen LogP contribution in [0.25, 0.3) is 0 Å². The van der Waals surface area contributed by atoms with Crippen molar-refractivity contribution in [3.8, 4) is 0 Å². The fourth-order valence-electron chi connectivity index (χ4n) is 3.35. The van der Waals surface area contributed by atoms with E-state index in [1.54, 1.807) is 0 Å². The molecule has 6 heteroatoms. The topological polar surface area (TPSA) is 67.9 Å². The molecular formula is C20H30N2O4. The van der Waals surface area contributed by atoms with E-state index in [1.807, 2.05) is 32.0 Å². The first-order valence-corrected chi connectivity index (χ1v) is 9.44. The van der Waals surface area contributed by atoms with E-state index in [0.29, 0.717) is 32.5 Å². The summed E-state index contributed by atoms with van der Waals surface area (Å²) >= 11 is 0. The molecule has 0 amide bonds. The van der Waals surface area contributed by atoms with Crippen molar-refractivity contribution in [2.75, 3.05) is 26.3 Å². The molecule has 6 nitrogen and oxygen atoms in total. The van der Waals surface area contributed by atoms with Crippen LogP contribution in [0.5, 0.6) is 0 Å². The Hall–Kier alpha value is -1.92. The van der Waals surface area contributed by atoms with Crippen LogP contribution in [0, 0.1) is 0 Å². The Morgan fingerprint density at radius 2 is 1.69 bits per heavy atom. The first-order valence-electron chi connectivity index (χ1n) is 9.44. The SMILES string of the molecule is CCOC(=O)CCC1CN(Cc2ccccc2)CC(CC(=O)OCC)N1. The zero-order chi connectivity index (χ0) is 18.8. The first kappa shape index (κ1) is 20.4. The van der Waals surface area contributed by atoms with E-state index >= 15 is 0 Å². The molecule has 0 radical (unpaired) electrons. The monoisotopic (exact) mass is 362 g/mol. The molecule has 1 fully saturated rings. The van der Waals surface area contributed by atoms with E-state index in [1.165, 1.54) is 5.56 Å². The van der Waals surface area contributed by atoms with Crippen LogP contribution in [0.2, 0.25) is 0 Å². The van der Waals surface area contributed by atoms with E-state index in [0.717, 1.165) is 19.6 Å². The van der Waals surface area contributed by atoms with Gasteiger partial charge in [-0.1, -0.05) is 30.3 Å². The minimum Gasteiger partial charge on any atom is -0.466 e. The lowest BCUT2D eigenvalue weighted by Crippen LogP contribution is -2.56. The Bertz CT molecular complexity index is 564. The minimum atomic E-state index is -0.185. The van der Waals surface area contributed by atoms with Crippen molar-refractivity contribution in [3.63, 3.8) is 0 Å². The first-order chi connectivity index (χ1) is 12.6. The summed E-state index contributed by atoms with van der Waals surface area (Å²) in [5, 5.41) is 3.51. The second-order valence-electron chi connectivity index (χ2n) is 6.59. The smallest absolute Gasteiger partial charge is 0.307 e. The van der Waals surface area contributed by atoms with Gasteiger partial charge in [-0.25, -0.2) is 0 Å². The van der Waals surface area contributed by atoms with E-state index in [9.17, 15) is 9.59 Å². The molecule has 2 unspecified atom stereocenters. The molecule has 1 aromatic rings. The van der Waals surface area contributed by atoms with Crippen LogP contribution in [0.3, 0.4) is 0 Å². The summed E-state index contributed by atoms with van der Waals surface area (Å²) in [5.74, 6) is -0.355. The predicted octanol–water partition coefficient (Wildman–Crippen LogP) is 2.13. The van der Waals surface area contributed by atoms with Gasteiger partial charge in [0.2, 0.25) is 0 Å². The highest BCUT2D eigenvalue weighted by atomic mass is 16.5. The average Bonchev–Trinajstić information content (AvgIpc) is 2.61. The lowest BCUT2D eigenvalue weighted by Gasteiger charge is -2.38. The van der Waals surface area contributed by atoms with Gasteiger partial charge in [-0.15, -0.1) is 0 Å². The largest absolute Gasteiger partial charge is 0.466 e. The van der Waals surface area contributed by atoms with Gasteiger partial charge in [-0.2, -0.15) is 0 Å². The van der Waals surface area contributed by atoms with Crippen molar-refractivity contribution in [3.05, 3.63) is 35.9 Å². The van der Waals surface area contributed by atoms with Crippen molar-refractivity contribution in [2.45, 2.75) is 51.7 Å². The summed E-state index contributed by atoms with van der Waals surface area (Å²) in [4.78, 5) is 25.9. The van der Waals surface area contributed by atoms with Crippen LogP contribution in [0.4, 0.5) is 0 Å². The molecule has 0 aromatic heterocycles. The number of benzene rings is 1. The van der Waals surface area contributed by atoms with Gasteiger partial charge in [0.15, 0.2) is 0 Å².